The van der Waals surface area contributed by atoms with Crippen LogP contribution in [0.15, 0.2) is 48.6 Å². The van der Waals surface area contributed by atoms with Crippen molar-refractivity contribution in [1.82, 2.24) is 14.9 Å². The smallest absolute Gasteiger partial charge is 0.281 e. The summed E-state index contributed by atoms with van der Waals surface area (Å²) < 4.78 is 0. The van der Waals surface area contributed by atoms with Gasteiger partial charge in [0.25, 0.3) is 29.5 Å². The first-order chi connectivity index (χ1) is 18.3. The van der Waals surface area contributed by atoms with Crippen LogP contribution >= 0.6 is 0 Å². The first kappa shape index (κ1) is 26.3. The van der Waals surface area contributed by atoms with Crippen LogP contribution in [-0.4, -0.2) is 63.2 Å². The van der Waals surface area contributed by atoms with Gasteiger partial charge in [0.05, 0.1) is 11.1 Å². The molecule has 6 amide bonds. The van der Waals surface area contributed by atoms with Gasteiger partial charge in [-0.3, -0.25) is 38.5 Å². The zero-order valence-electron chi connectivity index (χ0n) is 20.9. The van der Waals surface area contributed by atoms with Crippen molar-refractivity contribution in [2.75, 3.05) is 0 Å². The van der Waals surface area contributed by atoms with Crippen LogP contribution in [0.4, 0.5) is 0 Å². The Kier molecular flexibility index (Phi) is 7.43. The fourth-order valence-corrected chi connectivity index (χ4v) is 4.82. The van der Waals surface area contributed by atoms with Crippen LogP contribution in [0.1, 0.15) is 81.0 Å². The number of hydrazine groups is 1. The third-order valence-electron chi connectivity index (χ3n) is 6.65. The maximum atomic E-state index is 13.4. The molecule has 2 aliphatic heterocycles. The van der Waals surface area contributed by atoms with Crippen LogP contribution in [0.2, 0.25) is 0 Å². The van der Waals surface area contributed by atoms with E-state index in [1.165, 1.54) is 41.3 Å². The molecule has 0 spiro atoms. The third kappa shape index (κ3) is 4.23. The molecule has 0 saturated heterocycles. The van der Waals surface area contributed by atoms with E-state index in [1.807, 2.05) is 6.92 Å². The van der Waals surface area contributed by atoms with E-state index >= 15 is 0 Å². The number of aldehydes is 1. The summed E-state index contributed by atoms with van der Waals surface area (Å²) in [7, 11) is 0. The molecule has 0 saturated carbocycles. The maximum Gasteiger partial charge on any atom is 0.281 e. The molecule has 1 atom stereocenters. The van der Waals surface area contributed by atoms with Crippen molar-refractivity contribution in [2.24, 2.45) is 0 Å². The molecule has 0 bridgehead atoms. The minimum Gasteiger partial charge on any atom is -0.299 e. The number of carbonyl (C=O) groups excluding carboxylic acids is 7. The molecule has 0 fully saturated rings. The van der Waals surface area contributed by atoms with Crippen molar-refractivity contribution in [3.63, 3.8) is 0 Å². The Morgan fingerprint density at radius 3 is 1.82 bits per heavy atom. The number of hydrogen-bond donors (Lipinski definition) is 0. The van der Waals surface area contributed by atoms with Crippen LogP contribution < -0.4 is 0 Å². The molecule has 0 N–H and O–H groups in total. The van der Waals surface area contributed by atoms with E-state index in [1.54, 1.807) is 0 Å². The summed E-state index contributed by atoms with van der Waals surface area (Å²) in [5.74, 6) is -3.92. The van der Waals surface area contributed by atoms with Gasteiger partial charge < -0.3 is 0 Å². The summed E-state index contributed by atoms with van der Waals surface area (Å²) in [6.45, 7) is 3.88. The molecule has 0 radical (unpaired) electrons. The average molecular weight is 516 g/mol. The highest BCUT2D eigenvalue weighted by Crippen LogP contribution is 2.38. The first-order valence-corrected chi connectivity index (χ1v) is 12.2. The highest BCUT2D eigenvalue weighted by molar-refractivity contribution is 6.33. The normalized spacial score (nSPS) is 15.6. The number of unbranched alkanes of at least 4 members (excludes halogenated alkanes) is 2. The van der Waals surface area contributed by atoms with Crippen LogP contribution in [0, 0.1) is 0 Å². The summed E-state index contributed by atoms with van der Waals surface area (Å²) >= 11 is 0. The molecule has 10 nitrogen and oxygen atoms in total. The van der Waals surface area contributed by atoms with Crippen LogP contribution in [0.3, 0.4) is 0 Å². The van der Waals surface area contributed by atoms with Crippen molar-refractivity contribution >= 4 is 53.0 Å². The number of carbonyl (C=O) groups is 7. The van der Waals surface area contributed by atoms with E-state index in [0.717, 1.165) is 31.4 Å². The van der Waals surface area contributed by atoms with Gasteiger partial charge in [0.15, 0.2) is 0 Å². The minimum atomic E-state index is -0.996. The van der Waals surface area contributed by atoms with Crippen molar-refractivity contribution in [1.29, 1.82) is 0 Å². The molecular formula is C28H25N3O7. The second-order valence-electron chi connectivity index (χ2n) is 8.99. The molecular weight excluding hydrogens is 490 g/mol. The van der Waals surface area contributed by atoms with E-state index in [9.17, 15) is 33.6 Å². The summed E-state index contributed by atoms with van der Waals surface area (Å²) in [6, 6.07) is 5.23. The van der Waals surface area contributed by atoms with E-state index in [0.29, 0.717) is 22.7 Å². The Morgan fingerprint density at radius 1 is 0.816 bits per heavy atom. The van der Waals surface area contributed by atoms with Gasteiger partial charge in [-0.15, -0.1) is 0 Å². The molecule has 2 aliphatic rings. The Labute approximate surface area is 218 Å². The van der Waals surface area contributed by atoms with Crippen LogP contribution in [0.25, 0.3) is 10.8 Å². The number of imide groups is 3. The van der Waals surface area contributed by atoms with Crippen molar-refractivity contribution < 1.29 is 33.6 Å². The molecule has 4 rings (SSSR count). The van der Waals surface area contributed by atoms with E-state index in [2.05, 4.69) is 6.92 Å². The predicted molar refractivity (Wildman–Crippen MR) is 136 cm³/mol. The third-order valence-corrected chi connectivity index (χ3v) is 6.65. The van der Waals surface area contributed by atoms with Gasteiger partial charge in [0.2, 0.25) is 6.41 Å². The lowest BCUT2D eigenvalue weighted by atomic mass is 9.85. The maximum absolute atomic E-state index is 13.4. The monoisotopic (exact) mass is 515 g/mol. The minimum absolute atomic E-state index is 0.0326. The second-order valence-corrected chi connectivity index (χ2v) is 8.99. The molecule has 194 valence electrons. The molecule has 1 unspecified atom stereocenters. The van der Waals surface area contributed by atoms with E-state index < -0.39 is 29.5 Å². The zero-order valence-corrected chi connectivity index (χ0v) is 20.9. The first-order valence-electron chi connectivity index (χ1n) is 12.2. The molecule has 2 heterocycles. The number of benzene rings is 2. The van der Waals surface area contributed by atoms with Gasteiger partial charge in [-0.1, -0.05) is 38.3 Å². The van der Waals surface area contributed by atoms with Gasteiger partial charge in [-0.2, -0.15) is 10.0 Å². The fourth-order valence-electron chi connectivity index (χ4n) is 4.82. The fraction of sp³-hybridized carbons (Fsp3) is 0.250. The number of amides is 6. The predicted octanol–water partition coefficient (Wildman–Crippen LogP) is 3.21. The summed E-state index contributed by atoms with van der Waals surface area (Å²) in [5, 5.41) is 1.08. The number of rotatable bonds is 10. The lowest BCUT2D eigenvalue weighted by Gasteiger charge is -2.35. The Bertz CT molecular complexity index is 1390. The quantitative estimate of drug-likeness (QED) is 0.156. The van der Waals surface area contributed by atoms with Gasteiger partial charge >= 0.3 is 0 Å². The van der Waals surface area contributed by atoms with Gasteiger partial charge in [0, 0.05) is 34.0 Å². The SMILES string of the molecule is CCCCCC(C)N1C(=O)c2ccc3c4c(ccc(c24)C1=O)C(=O)N(N(C=O)C(=O)/C=C/C=C/C=O)C3=O. The highest BCUT2D eigenvalue weighted by Gasteiger charge is 2.43. The molecule has 2 aromatic rings. The zero-order chi connectivity index (χ0) is 27.6. The number of allylic oxidation sites excluding steroid dienone is 3. The standard InChI is InChI=1S/C28H25N3O7/c1-3-4-6-9-17(2)30-25(35)18-11-13-20-24-21(14-12-19(23(18)24)26(30)36)28(38)31(27(20)37)29(16-33)22(34)10-7-5-8-15-32/h5,7-8,10-17H,3-4,6,9H2,1-2H3/b8-5+,10-7+. The largest absolute Gasteiger partial charge is 0.299 e. The summed E-state index contributed by atoms with van der Waals surface area (Å²) in [5.41, 5.74) is 0.332. The number of nitrogens with zero attached hydrogens (tertiary/aromatic N) is 3. The Balaban J connectivity index is 1.77. The lowest BCUT2D eigenvalue weighted by Crippen LogP contribution is -2.53. The molecule has 10 heteroatoms. The average Bonchev–Trinajstić information content (AvgIpc) is 2.91. The summed E-state index contributed by atoms with van der Waals surface area (Å²) in [4.78, 5) is 89.6. The van der Waals surface area contributed by atoms with E-state index in [4.69, 9.17) is 0 Å². The Hall–Kier alpha value is -4.73. The van der Waals surface area contributed by atoms with Crippen molar-refractivity contribution in [3.8, 4) is 0 Å². The van der Waals surface area contributed by atoms with Gasteiger partial charge in [-0.25, -0.2) is 0 Å². The lowest BCUT2D eigenvalue weighted by molar-refractivity contribution is -0.145. The second kappa shape index (κ2) is 10.7. The number of hydrogen-bond acceptors (Lipinski definition) is 7. The van der Waals surface area contributed by atoms with Crippen molar-refractivity contribution in [2.45, 2.75) is 45.6 Å². The highest BCUT2D eigenvalue weighted by atomic mass is 16.2. The molecule has 38 heavy (non-hydrogen) atoms. The molecule has 0 aliphatic carbocycles. The molecule has 2 aromatic carbocycles. The summed E-state index contributed by atoms with van der Waals surface area (Å²) in [6.07, 6.45) is 8.46. The van der Waals surface area contributed by atoms with Crippen LogP contribution in [0.5, 0.6) is 0 Å². The van der Waals surface area contributed by atoms with Gasteiger partial charge in [-0.05, 0) is 43.7 Å². The van der Waals surface area contributed by atoms with Crippen molar-refractivity contribution in [3.05, 3.63) is 70.8 Å². The van der Waals surface area contributed by atoms with Crippen LogP contribution in [-0.2, 0) is 14.4 Å². The topological polar surface area (TPSA) is 129 Å². The van der Waals surface area contributed by atoms with E-state index in [-0.39, 0.29) is 45.5 Å². The van der Waals surface area contributed by atoms with Gasteiger partial charge in [0.1, 0.15) is 6.29 Å². The Morgan fingerprint density at radius 2 is 1.34 bits per heavy atom. The molecule has 0 aromatic heterocycles.